The number of anilines is 2. The minimum absolute atomic E-state index is 0.0768. The van der Waals surface area contributed by atoms with Crippen molar-refractivity contribution in [3.8, 4) is 18.0 Å². The summed E-state index contributed by atoms with van der Waals surface area (Å²) in [6, 6.07) is 7.46. The van der Waals surface area contributed by atoms with Crippen LogP contribution in [0.3, 0.4) is 0 Å². The Morgan fingerprint density at radius 1 is 1.35 bits per heavy atom. The molecule has 8 heteroatoms. The highest BCUT2D eigenvalue weighted by Crippen LogP contribution is 2.37. The first-order valence-corrected chi connectivity index (χ1v) is 8.38. The van der Waals surface area contributed by atoms with Crippen LogP contribution in [-0.2, 0) is 4.79 Å². The third-order valence-electron chi connectivity index (χ3n) is 4.08. The molecule has 0 atom stereocenters. The SMILES string of the molecule is C#CCCC1(CCC(=O)Nc2cccc(-n3cnc(N(C)C)n3)c2)N=N1. The molecular formula is C18H21N7O. The van der Waals surface area contributed by atoms with Gasteiger partial charge in [-0.1, -0.05) is 6.07 Å². The number of nitrogens with zero attached hydrogens (tertiary/aromatic N) is 6. The maximum atomic E-state index is 12.2. The van der Waals surface area contributed by atoms with Crippen LogP contribution in [0.2, 0.25) is 0 Å². The van der Waals surface area contributed by atoms with Crippen LogP contribution in [0.4, 0.5) is 11.6 Å². The first-order valence-electron chi connectivity index (χ1n) is 8.38. The first-order chi connectivity index (χ1) is 12.5. The quantitative estimate of drug-likeness (QED) is 0.741. The largest absolute Gasteiger partial charge is 0.346 e. The van der Waals surface area contributed by atoms with Gasteiger partial charge in [-0.05, 0) is 18.2 Å². The predicted octanol–water partition coefficient (Wildman–Crippen LogP) is 2.63. The number of carbonyl (C=O) groups is 1. The zero-order chi connectivity index (χ0) is 18.6. The molecule has 1 aromatic carbocycles. The van der Waals surface area contributed by atoms with Crippen LogP contribution in [0.5, 0.6) is 0 Å². The zero-order valence-corrected chi connectivity index (χ0v) is 14.9. The lowest BCUT2D eigenvalue weighted by Gasteiger charge is -2.10. The Labute approximate surface area is 152 Å². The van der Waals surface area contributed by atoms with Crippen LogP contribution in [0, 0.1) is 12.3 Å². The summed E-state index contributed by atoms with van der Waals surface area (Å²) in [4.78, 5) is 18.3. The molecule has 0 saturated heterocycles. The molecular weight excluding hydrogens is 330 g/mol. The van der Waals surface area contributed by atoms with E-state index in [0.717, 1.165) is 5.69 Å². The highest BCUT2D eigenvalue weighted by atomic mass is 16.1. The van der Waals surface area contributed by atoms with Gasteiger partial charge in [0.2, 0.25) is 11.9 Å². The van der Waals surface area contributed by atoms with Gasteiger partial charge < -0.3 is 10.2 Å². The molecule has 0 aliphatic carbocycles. The van der Waals surface area contributed by atoms with E-state index in [-0.39, 0.29) is 5.91 Å². The predicted molar refractivity (Wildman–Crippen MR) is 99.2 cm³/mol. The Balaban J connectivity index is 1.58. The molecule has 2 heterocycles. The van der Waals surface area contributed by atoms with Gasteiger partial charge in [0.25, 0.3) is 0 Å². The number of carbonyl (C=O) groups excluding carboxylic acids is 1. The lowest BCUT2D eigenvalue weighted by molar-refractivity contribution is -0.116. The summed E-state index contributed by atoms with van der Waals surface area (Å²) in [5, 5.41) is 15.4. The van der Waals surface area contributed by atoms with Crippen LogP contribution in [0.15, 0.2) is 40.8 Å². The molecule has 134 valence electrons. The topological polar surface area (TPSA) is 87.8 Å². The van der Waals surface area contributed by atoms with E-state index in [4.69, 9.17) is 6.42 Å². The highest BCUT2D eigenvalue weighted by Gasteiger charge is 2.39. The Bertz CT molecular complexity index is 856. The van der Waals surface area contributed by atoms with Crippen LogP contribution >= 0.6 is 0 Å². The summed E-state index contributed by atoms with van der Waals surface area (Å²) in [5.74, 6) is 3.13. The molecule has 26 heavy (non-hydrogen) atoms. The van der Waals surface area contributed by atoms with Crippen molar-refractivity contribution in [2.45, 2.75) is 31.3 Å². The van der Waals surface area contributed by atoms with Gasteiger partial charge in [-0.3, -0.25) is 4.79 Å². The summed E-state index contributed by atoms with van der Waals surface area (Å²) in [6.07, 6.45) is 9.15. The van der Waals surface area contributed by atoms with Crippen molar-refractivity contribution in [1.29, 1.82) is 0 Å². The number of rotatable bonds is 8. The monoisotopic (exact) mass is 351 g/mol. The zero-order valence-electron chi connectivity index (χ0n) is 14.9. The maximum absolute atomic E-state index is 12.2. The second-order valence-electron chi connectivity index (χ2n) is 6.37. The van der Waals surface area contributed by atoms with Crippen molar-refractivity contribution in [3.05, 3.63) is 30.6 Å². The fourth-order valence-electron chi connectivity index (χ4n) is 2.52. The molecule has 2 aromatic rings. The molecule has 0 radical (unpaired) electrons. The van der Waals surface area contributed by atoms with E-state index < -0.39 is 5.66 Å². The molecule has 1 N–H and O–H groups in total. The standard InChI is InChI=1S/C18H21N7O/c1-4-5-10-18(22-23-18)11-9-16(26)20-14-7-6-8-15(12-14)25-13-19-17(21-25)24(2)3/h1,6-8,12-13H,5,9-11H2,2-3H3,(H,20,26). The van der Waals surface area contributed by atoms with Crippen LogP contribution in [0.25, 0.3) is 5.69 Å². The molecule has 0 saturated carbocycles. The van der Waals surface area contributed by atoms with E-state index in [1.54, 1.807) is 11.0 Å². The molecule has 3 rings (SSSR count). The van der Waals surface area contributed by atoms with Gasteiger partial charge in [-0.2, -0.15) is 15.2 Å². The van der Waals surface area contributed by atoms with Gasteiger partial charge in [-0.25, -0.2) is 4.68 Å². The second kappa shape index (κ2) is 7.35. The van der Waals surface area contributed by atoms with E-state index in [9.17, 15) is 4.79 Å². The van der Waals surface area contributed by atoms with Crippen molar-refractivity contribution >= 4 is 17.5 Å². The number of terminal acetylenes is 1. The van der Waals surface area contributed by atoms with E-state index >= 15 is 0 Å². The average molecular weight is 351 g/mol. The summed E-state index contributed by atoms with van der Waals surface area (Å²) in [7, 11) is 3.76. The van der Waals surface area contributed by atoms with E-state index in [0.29, 0.717) is 37.3 Å². The molecule has 1 aliphatic rings. The minimum Gasteiger partial charge on any atom is -0.346 e. The van der Waals surface area contributed by atoms with Crippen molar-refractivity contribution in [2.24, 2.45) is 10.2 Å². The number of aromatic nitrogens is 3. The van der Waals surface area contributed by atoms with Gasteiger partial charge in [0, 0.05) is 45.5 Å². The minimum atomic E-state index is -0.436. The first kappa shape index (κ1) is 17.6. The van der Waals surface area contributed by atoms with Gasteiger partial charge >= 0.3 is 0 Å². The normalized spacial score (nSPS) is 13.9. The number of hydrogen-bond donors (Lipinski definition) is 1. The molecule has 8 nitrogen and oxygen atoms in total. The lowest BCUT2D eigenvalue weighted by atomic mass is 10.0. The summed E-state index contributed by atoms with van der Waals surface area (Å²) >= 11 is 0. The van der Waals surface area contributed by atoms with Crippen molar-refractivity contribution in [1.82, 2.24) is 14.8 Å². The van der Waals surface area contributed by atoms with E-state index in [1.807, 2.05) is 43.3 Å². The van der Waals surface area contributed by atoms with Crippen LogP contribution in [-0.4, -0.2) is 40.4 Å². The third-order valence-corrected chi connectivity index (χ3v) is 4.08. The number of nitrogens with one attached hydrogen (secondary N) is 1. The lowest BCUT2D eigenvalue weighted by Crippen LogP contribution is -2.17. The van der Waals surface area contributed by atoms with Crippen molar-refractivity contribution < 1.29 is 4.79 Å². The Kier molecular flexibility index (Phi) is 4.98. The van der Waals surface area contributed by atoms with E-state index in [2.05, 4.69) is 31.5 Å². The molecule has 0 unspecified atom stereocenters. The van der Waals surface area contributed by atoms with E-state index in [1.165, 1.54) is 0 Å². The van der Waals surface area contributed by atoms with Crippen molar-refractivity contribution in [2.75, 3.05) is 24.3 Å². The maximum Gasteiger partial charge on any atom is 0.244 e. The van der Waals surface area contributed by atoms with Crippen LogP contribution in [0.1, 0.15) is 25.7 Å². The average Bonchev–Trinajstić information content (AvgIpc) is 3.22. The summed E-state index contributed by atoms with van der Waals surface area (Å²) in [5.41, 5.74) is 1.09. The number of hydrogen-bond acceptors (Lipinski definition) is 6. The Morgan fingerprint density at radius 3 is 2.81 bits per heavy atom. The Morgan fingerprint density at radius 2 is 2.15 bits per heavy atom. The molecule has 1 amide bonds. The fourth-order valence-corrected chi connectivity index (χ4v) is 2.52. The molecule has 1 aromatic heterocycles. The fraction of sp³-hybridized carbons (Fsp3) is 0.389. The van der Waals surface area contributed by atoms with Gasteiger partial charge in [0.1, 0.15) is 6.33 Å². The highest BCUT2D eigenvalue weighted by molar-refractivity contribution is 5.91. The van der Waals surface area contributed by atoms with Crippen molar-refractivity contribution in [3.63, 3.8) is 0 Å². The Hall–Kier alpha value is -3.21. The van der Waals surface area contributed by atoms with Gasteiger partial charge in [0.15, 0.2) is 5.66 Å². The van der Waals surface area contributed by atoms with Gasteiger partial charge in [-0.15, -0.1) is 17.4 Å². The summed E-state index contributed by atoms with van der Waals surface area (Å²) < 4.78 is 1.67. The van der Waals surface area contributed by atoms with Crippen LogP contribution < -0.4 is 10.2 Å². The number of amides is 1. The smallest absolute Gasteiger partial charge is 0.244 e. The third kappa shape index (κ3) is 4.25. The molecule has 0 bridgehead atoms. The summed E-state index contributed by atoms with van der Waals surface area (Å²) in [6.45, 7) is 0. The molecule has 0 spiro atoms. The molecule has 0 fully saturated rings. The second-order valence-corrected chi connectivity index (χ2v) is 6.37. The molecule has 1 aliphatic heterocycles. The van der Waals surface area contributed by atoms with Gasteiger partial charge in [0.05, 0.1) is 5.69 Å². The number of benzene rings is 1.